The van der Waals surface area contributed by atoms with Crippen LogP contribution in [0.4, 0.5) is 21.6 Å². The monoisotopic (exact) mass is 440 g/mol. The Labute approximate surface area is 167 Å². The van der Waals surface area contributed by atoms with Crippen molar-refractivity contribution in [1.29, 1.82) is 0 Å². The molecule has 0 aliphatic heterocycles. The minimum atomic E-state index is -0.546. The molecule has 0 atom stereocenters. The molecule has 0 fully saturated rings. The molecular weight excluding hydrogens is 427 g/mol. The number of hydrogen-bond acceptors (Lipinski definition) is 5. The average molecular weight is 441 g/mol. The third-order valence-corrected chi connectivity index (χ3v) is 4.67. The minimum Gasteiger partial charge on any atom is -0.469 e. The summed E-state index contributed by atoms with van der Waals surface area (Å²) in [6.45, 7) is 1.67. The number of carbonyl (C=O) groups excluding carboxylic acids is 1. The second kappa shape index (κ2) is 7.40. The van der Waals surface area contributed by atoms with Crippen LogP contribution in [-0.2, 0) is 0 Å². The second-order valence-corrected chi connectivity index (χ2v) is 6.96. The molecular formula is C20H14BrFN4O2. The van der Waals surface area contributed by atoms with Gasteiger partial charge in [0.05, 0.1) is 23.0 Å². The molecule has 2 aromatic carbocycles. The number of rotatable bonds is 4. The summed E-state index contributed by atoms with van der Waals surface area (Å²) in [5.74, 6) is 0.0418. The molecule has 0 aliphatic rings. The summed E-state index contributed by atoms with van der Waals surface area (Å²) < 4.78 is 20.2. The molecule has 0 spiro atoms. The van der Waals surface area contributed by atoms with Crippen molar-refractivity contribution >= 4 is 49.9 Å². The van der Waals surface area contributed by atoms with Crippen LogP contribution in [0.1, 0.15) is 16.1 Å². The Morgan fingerprint density at radius 3 is 2.79 bits per heavy atom. The van der Waals surface area contributed by atoms with Gasteiger partial charge in [0.1, 0.15) is 23.7 Å². The van der Waals surface area contributed by atoms with Gasteiger partial charge in [-0.25, -0.2) is 14.4 Å². The van der Waals surface area contributed by atoms with E-state index in [1.54, 1.807) is 13.0 Å². The lowest BCUT2D eigenvalue weighted by atomic mass is 10.2. The van der Waals surface area contributed by atoms with Crippen LogP contribution in [0.25, 0.3) is 10.9 Å². The van der Waals surface area contributed by atoms with Crippen LogP contribution in [0, 0.1) is 12.7 Å². The number of amides is 1. The van der Waals surface area contributed by atoms with Crippen molar-refractivity contribution in [2.75, 3.05) is 10.6 Å². The molecule has 0 saturated heterocycles. The highest BCUT2D eigenvalue weighted by atomic mass is 79.9. The lowest BCUT2D eigenvalue weighted by Crippen LogP contribution is -2.13. The summed E-state index contributed by atoms with van der Waals surface area (Å²) in [4.78, 5) is 20.9. The van der Waals surface area contributed by atoms with E-state index in [9.17, 15) is 9.18 Å². The van der Waals surface area contributed by atoms with Gasteiger partial charge < -0.3 is 15.1 Å². The molecule has 2 heterocycles. The van der Waals surface area contributed by atoms with Gasteiger partial charge in [-0.3, -0.25) is 4.79 Å². The third-order valence-electron chi connectivity index (χ3n) is 4.18. The topological polar surface area (TPSA) is 80.0 Å². The van der Waals surface area contributed by atoms with Crippen LogP contribution in [-0.4, -0.2) is 15.9 Å². The highest BCUT2D eigenvalue weighted by Crippen LogP contribution is 2.28. The summed E-state index contributed by atoms with van der Waals surface area (Å²) >= 11 is 3.44. The van der Waals surface area contributed by atoms with Crippen LogP contribution < -0.4 is 10.6 Å². The zero-order valence-electron chi connectivity index (χ0n) is 14.7. The van der Waals surface area contributed by atoms with Gasteiger partial charge in [0.15, 0.2) is 0 Å². The summed E-state index contributed by atoms with van der Waals surface area (Å²) in [7, 11) is 0. The highest BCUT2D eigenvalue weighted by Gasteiger charge is 2.14. The van der Waals surface area contributed by atoms with Crippen molar-refractivity contribution in [2.45, 2.75) is 6.92 Å². The molecule has 2 N–H and O–H groups in total. The van der Waals surface area contributed by atoms with E-state index in [1.807, 2.05) is 18.2 Å². The fraction of sp³-hybridized carbons (Fsp3) is 0.0500. The maximum Gasteiger partial charge on any atom is 0.259 e. The van der Waals surface area contributed by atoms with Crippen LogP contribution in [0.2, 0.25) is 0 Å². The second-order valence-electron chi connectivity index (χ2n) is 6.05. The number of aryl methyl sites for hydroxylation is 1. The predicted molar refractivity (Wildman–Crippen MR) is 108 cm³/mol. The number of aromatic nitrogens is 2. The molecule has 0 aliphatic carbocycles. The number of fused-ring (bicyclic) bond motifs is 1. The average Bonchev–Trinajstić information content (AvgIpc) is 3.11. The first kappa shape index (κ1) is 18.1. The van der Waals surface area contributed by atoms with Crippen molar-refractivity contribution in [3.05, 3.63) is 76.7 Å². The molecule has 28 heavy (non-hydrogen) atoms. The first-order valence-electron chi connectivity index (χ1n) is 8.33. The summed E-state index contributed by atoms with van der Waals surface area (Å²) in [5, 5.41) is 6.53. The molecule has 1 amide bonds. The molecule has 0 saturated carbocycles. The normalized spacial score (nSPS) is 10.8. The van der Waals surface area contributed by atoms with Gasteiger partial charge in [-0.15, -0.1) is 0 Å². The zero-order chi connectivity index (χ0) is 19.7. The standard InChI is InChI=1S/C20H14BrFN4O2/c1-11-14(6-7-28-11)20(27)26-18-9-13(3-4-16(18)22)25-19-15-8-12(21)2-5-17(15)23-10-24-19/h2-10H,1H3,(H,26,27)(H,23,24,25). The van der Waals surface area contributed by atoms with Gasteiger partial charge in [0.2, 0.25) is 0 Å². The lowest BCUT2D eigenvalue weighted by molar-refractivity contribution is 0.102. The number of carbonyl (C=O) groups is 1. The van der Waals surface area contributed by atoms with Crippen LogP contribution in [0.5, 0.6) is 0 Å². The summed E-state index contributed by atoms with van der Waals surface area (Å²) in [6.07, 6.45) is 2.86. The van der Waals surface area contributed by atoms with Gasteiger partial charge in [-0.05, 0) is 49.4 Å². The molecule has 4 aromatic rings. The Balaban J connectivity index is 1.64. The SMILES string of the molecule is Cc1occc1C(=O)Nc1cc(Nc2ncnc3ccc(Br)cc23)ccc1F. The van der Waals surface area contributed by atoms with E-state index in [2.05, 4.69) is 36.5 Å². The van der Waals surface area contributed by atoms with Gasteiger partial charge in [0, 0.05) is 15.5 Å². The fourth-order valence-electron chi connectivity index (χ4n) is 2.77. The molecule has 140 valence electrons. The van der Waals surface area contributed by atoms with E-state index >= 15 is 0 Å². The van der Waals surface area contributed by atoms with Crippen molar-refractivity contribution in [3.8, 4) is 0 Å². The first-order chi connectivity index (χ1) is 13.5. The Hall–Kier alpha value is -3.26. The Kier molecular flexibility index (Phi) is 4.79. The van der Waals surface area contributed by atoms with E-state index in [-0.39, 0.29) is 5.69 Å². The summed E-state index contributed by atoms with van der Waals surface area (Å²) in [5.41, 5.74) is 1.74. The molecule has 2 aromatic heterocycles. The van der Waals surface area contributed by atoms with Gasteiger partial charge in [-0.2, -0.15) is 0 Å². The number of anilines is 3. The number of halogens is 2. The van der Waals surface area contributed by atoms with E-state index in [0.717, 1.165) is 15.4 Å². The fourth-order valence-corrected chi connectivity index (χ4v) is 3.14. The Bertz CT molecular complexity index is 1190. The van der Waals surface area contributed by atoms with E-state index in [0.29, 0.717) is 22.8 Å². The van der Waals surface area contributed by atoms with E-state index in [1.165, 1.54) is 30.8 Å². The van der Waals surface area contributed by atoms with Crippen LogP contribution in [0.15, 0.2) is 63.9 Å². The Morgan fingerprint density at radius 1 is 1.14 bits per heavy atom. The molecule has 0 bridgehead atoms. The lowest BCUT2D eigenvalue weighted by Gasteiger charge is -2.11. The molecule has 0 radical (unpaired) electrons. The number of furan rings is 1. The van der Waals surface area contributed by atoms with Crippen molar-refractivity contribution in [3.63, 3.8) is 0 Å². The molecule has 6 nitrogen and oxygen atoms in total. The number of nitrogens with one attached hydrogen (secondary N) is 2. The minimum absolute atomic E-state index is 0.0511. The van der Waals surface area contributed by atoms with Crippen LogP contribution in [0.3, 0.4) is 0 Å². The smallest absolute Gasteiger partial charge is 0.259 e. The van der Waals surface area contributed by atoms with Gasteiger partial charge in [-0.1, -0.05) is 15.9 Å². The zero-order valence-corrected chi connectivity index (χ0v) is 16.2. The van der Waals surface area contributed by atoms with Crippen molar-refractivity contribution in [1.82, 2.24) is 9.97 Å². The number of hydrogen-bond donors (Lipinski definition) is 2. The largest absolute Gasteiger partial charge is 0.469 e. The maximum atomic E-state index is 14.2. The maximum absolute atomic E-state index is 14.2. The number of benzene rings is 2. The van der Waals surface area contributed by atoms with Crippen LogP contribution >= 0.6 is 15.9 Å². The van der Waals surface area contributed by atoms with Crippen molar-refractivity contribution < 1.29 is 13.6 Å². The first-order valence-corrected chi connectivity index (χ1v) is 9.13. The quantitative estimate of drug-likeness (QED) is 0.442. The van der Waals surface area contributed by atoms with Gasteiger partial charge in [0.25, 0.3) is 5.91 Å². The third kappa shape index (κ3) is 3.59. The van der Waals surface area contributed by atoms with Crippen molar-refractivity contribution in [2.24, 2.45) is 0 Å². The van der Waals surface area contributed by atoms with Gasteiger partial charge >= 0.3 is 0 Å². The molecule has 4 rings (SSSR count). The van der Waals surface area contributed by atoms with E-state index < -0.39 is 11.7 Å². The highest BCUT2D eigenvalue weighted by molar-refractivity contribution is 9.10. The van der Waals surface area contributed by atoms with E-state index in [4.69, 9.17) is 4.42 Å². The number of nitrogens with zero attached hydrogens (tertiary/aromatic N) is 2. The Morgan fingerprint density at radius 2 is 2.00 bits per heavy atom. The predicted octanol–water partition coefficient (Wildman–Crippen LogP) is 5.43. The molecule has 0 unspecified atom stereocenters. The summed E-state index contributed by atoms with van der Waals surface area (Å²) in [6, 6.07) is 11.5. The molecule has 8 heteroatoms.